The quantitative estimate of drug-likeness (QED) is 0.581. The summed E-state index contributed by atoms with van der Waals surface area (Å²) >= 11 is 0. The Morgan fingerprint density at radius 3 is 2.36 bits per heavy atom. The van der Waals surface area contributed by atoms with Gasteiger partial charge < -0.3 is 19.8 Å². The molecule has 0 saturated heterocycles. The van der Waals surface area contributed by atoms with E-state index in [9.17, 15) is 23.1 Å². The van der Waals surface area contributed by atoms with Crippen LogP contribution in [-0.4, -0.2) is 36.1 Å². The number of alkyl halides is 3. The van der Waals surface area contributed by atoms with Gasteiger partial charge in [0.25, 0.3) is 0 Å². The third-order valence-electron chi connectivity index (χ3n) is 3.64. The second kappa shape index (κ2) is 7.49. The van der Waals surface area contributed by atoms with Gasteiger partial charge in [-0.25, -0.2) is 0 Å². The van der Waals surface area contributed by atoms with E-state index in [-0.39, 0.29) is 5.69 Å². The number of nitrogens with one attached hydrogen (secondary N) is 1. The van der Waals surface area contributed by atoms with E-state index < -0.39 is 29.2 Å². The van der Waals surface area contributed by atoms with Crippen molar-refractivity contribution in [3.63, 3.8) is 0 Å². The molecule has 1 radical (unpaired) electrons. The van der Waals surface area contributed by atoms with Crippen molar-refractivity contribution in [3.8, 4) is 5.75 Å². The second-order valence-electron chi connectivity index (χ2n) is 6.30. The summed E-state index contributed by atoms with van der Waals surface area (Å²) in [6, 6.07) is 3.63. The fraction of sp³-hybridized carbons (Fsp3) is 0.438. The van der Waals surface area contributed by atoms with Crippen LogP contribution in [0.2, 0.25) is 0 Å². The van der Waals surface area contributed by atoms with Gasteiger partial charge in [-0.3, -0.25) is 4.79 Å². The largest absolute Gasteiger partial charge is 0.573 e. The Kier molecular flexibility index (Phi) is 6.31. The SMILES string of the molecule is C=CC(=O)Nc1cc([B]OC(C)(C)C(C)(C)O)ccc1OC(F)(F)F. The summed E-state index contributed by atoms with van der Waals surface area (Å²) in [6.07, 6.45) is -3.99. The van der Waals surface area contributed by atoms with Crippen LogP contribution in [0.15, 0.2) is 30.9 Å². The summed E-state index contributed by atoms with van der Waals surface area (Å²) in [5.41, 5.74) is -1.95. The minimum Gasteiger partial charge on any atom is -0.427 e. The van der Waals surface area contributed by atoms with E-state index in [0.717, 1.165) is 12.1 Å². The zero-order chi connectivity index (χ0) is 19.5. The third kappa shape index (κ3) is 6.43. The van der Waals surface area contributed by atoms with E-state index in [1.165, 1.54) is 19.6 Å². The van der Waals surface area contributed by atoms with Crippen molar-refractivity contribution in [2.75, 3.05) is 5.32 Å². The van der Waals surface area contributed by atoms with Gasteiger partial charge in [-0.15, -0.1) is 13.2 Å². The average molecular weight is 358 g/mol. The van der Waals surface area contributed by atoms with Crippen molar-refractivity contribution in [2.45, 2.75) is 45.3 Å². The maximum atomic E-state index is 12.5. The van der Waals surface area contributed by atoms with Gasteiger partial charge in [0.1, 0.15) is 0 Å². The molecule has 0 saturated carbocycles. The molecule has 9 heteroatoms. The highest BCUT2D eigenvalue weighted by Gasteiger charge is 2.36. The van der Waals surface area contributed by atoms with Gasteiger partial charge in [-0.2, -0.15) is 0 Å². The Morgan fingerprint density at radius 2 is 1.88 bits per heavy atom. The predicted molar refractivity (Wildman–Crippen MR) is 88.8 cm³/mol. The number of anilines is 1. The van der Waals surface area contributed by atoms with Crippen molar-refractivity contribution in [2.24, 2.45) is 0 Å². The summed E-state index contributed by atoms with van der Waals surface area (Å²) < 4.78 is 46.8. The van der Waals surface area contributed by atoms with Crippen molar-refractivity contribution in [1.29, 1.82) is 0 Å². The first-order chi connectivity index (χ1) is 11.2. The first kappa shape index (κ1) is 21.0. The van der Waals surface area contributed by atoms with Crippen molar-refractivity contribution in [1.82, 2.24) is 0 Å². The smallest absolute Gasteiger partial charge is 0.427 e. The van der Waals surface area contributed by atoms with Crippen LogP contribution in [0.1, 0.15) is 27.7 Å². The topological polar surface area (TPSA) is 67.8 Å². The molecule has 0 bridgehead atoms. The number of hydrogen-bond donors (Lipinski definition) is 2. The number of carbonyl (C=O) groups excluding carboxylic acids is 1. The van der Waals surface area contributed by atoms with E-state index in [1.807, 2.05) is 0 Å². The molecule has 0 aromatic heterocycles. The number of benzene rings is 1. The van der Waals surface area contributed by atoms with Gasteiger partial charge in [-0.1, -0.05) is 18.1 Å². The van der Waals surface area contributed by atoms with Crippen LogP contribution < -0.4 is 15.5 Å². The van der Waals surface area contributed by atoms with Gasteiger partial charge in [0, 0.05) is 0 Å². The van der Waals surface area contributed by atoms with Gasteiger partial charge in [0.15, 0.2) is 5.75 Å². The summed E-state index contributed by atoms with van der Waals surface area (Å²) in [4.78, 5) is 11.4. The summed E-state index contributed by atoms with van der Waals surface area (Å²) in [5.74, 6) is -1.26. The van der Waals surface area contributed by atoms with E-state index in [4.69, 9.17) is 4.65 Å². The van der Waals surface area contributed by atoms with E-state index in [0.29, 0.717) is 5.46 Å². The molecule has 0 heterocycles. The zero-order valence-electron chi connectivity index (χ0n) is 14.4. The third-order valence-corrected chi connectivity index (χ3v) is 3.64. The van der Waals surface area contributed by atoms with Crippen LogP contribution in [0.3, 0.4) is 0 Å². The lowest BCUT2D eigenvalue weighted by Gasteiger charge is -2.37. The highest BCUT2D eigenvalue weighted by atomic mass is 19.4. The molecule has 1 rings (SSSR count). The molecule has 25 heavy (non-hydrogen) atoms. The van der Waals surface area contributed by atoms with Gasteiger partial charge in [0.2, 0.25) is 5.91 Å². The Bertz CT molecular complexity index is 639. The molecule has 1 amide bonds. The van der Waals surface area contributed by atoms with Crippen LogP contribution in [0.4, 0.5) is 18.9 Å². The molecule has 0 unspecified atom stereocenters. The summed E-state index contributed by atoms with van der Waals surface area (Å²) in [5, 5.41) is 12.3. The van der Waals surface area contributed by atoms with Crippen LogP contribution >= 0.6 is 0 Å². The van der Waals surface area contributed by atoms with Crippen LogP contribution in [0, 0.1) is 0 Å². The Morgan fingerprint density at radius 1 is 1.28 bits per heavy atom. The number of amides is 1. The Labute approximate surface area is 145 Å². The van der Waals surface area contributed by atoms with Crippen LogP contribution in [-0.2, 0) is 9.45 Å². The fourth-order valence-corrected chi connectivity index (χ4v) is 1.48. The van der Waals surface area contributed by atoms with Crippen molar-refractivity contribution >= 4 is 24.5 Å². The van der Waals surface area contributed by atoms with Crippen LogP contribution in [0.25, 0.3) is 0 Å². The predicted octanol–water partition coefficient (Wildman–Crippen LogP) is 2.52. The molecule has 137 valence electrons. The van der Waals surface area contributed by atoms with Gasteiger partial charge >= 0.3 is 13.8 Å². The lowest BCUT2D eigenvalue weighted by atomic mass is 9.82. The summed E-state index contributed by atoms with van der Waals surface area (Å²) in [7, 11) is 1.28. The molecular formula is C16H20BF3NO4. The number of aliphatic hydroxyl groups is 1. The molecule has 0 spiro atoms. The molecule has 0 fully saturated rings. The molecular weight excluding hydrogens is 338 g/mol. The molecule has 0 aliphatic heterocycles. The first-order valence-corrected chi connectivity index (χ1v) is 7.32. The molecule has 5 nitrogen and oxygen atoms in total. The normalized spacial score (nSPS) is 12.5. The lowest BCUT2D eigenvalue weighted by Crippen LogP contribution is -2.49. The minimum atomic E-state index is -4.90. The highest BCUT2D eigenvalue weighted by Crippen LogP contribution is 2.30. The standard InChI is InChI=1S/C16H20BF3NO4/c1-6-13(22)21-11-9-10(7-8-12(11)24-16(18,19)20)17-25-15(4,5)14(2,3)23/h6-9,23H,1H2,2-5H3,(H,21,22). The van der Waals surface area contributed by atoms with Gasteiger partial charge in [-0.05, 0) is 45.9 Å². The maximum absolute atomic E-state index is 12.5. The van der Waals surface area contributed by atoms with Crippen LogP contribution in [0.5, 0.6) is 5.75 Å². The molecule has 2 N–H and O–H groups in total. The number of hydrogen-bond acceptors (Lipinski definition) is 4. The van der Waals surface area contributed by atoms with E-state index in [1.54, 1.807) is 27.7 Å². The molecule has 1 aromatic carbocycles. The van der Waals surface area contributed by atoms with E-state index >= 15 is 0 Å². The first-order valence-electron chi connectivity index (χ1n) is 7.32. The number of rotatable bonds is 7. The minimum absolute atomic E-state index is 0.194. The number of halogens is 3. The molecule has 0 aliphatic rings. The summed E-state index contributed by atoms with van der Waals surface area (Å²) in [6.45, 7) is 9.69. The fourth-order valence-electron chi connectivity index (χ4n) is 1.48. The number of ether oxygens (including phenoxy) is 1. The zero-order valence-corrected chi connectivity index (χ0v) is 14.4. The lowest BCUT2D eigenvalue weighted by molar-refractivity contribution is -0.274. The van der Waals surface area contributed by atoms with E-state index in [2.05, 4.69) is 16.6 Å². The van der Waals surface area contributed by atoms with Crippen molar-refractivity contribution in [3.05, 3.63) is 30.9 Å². The molecule has 0 atom stereocenters. The monoisotopic (exact) mass is 358 g/mol. The maximum Gasteiger partial charge on any atom is 0.573 e. The Balaban J connectivity index is 3.05. The average Bonchev–Trinajstić information content (AvgIpc) is 2.44. The van der Waals surface area contributed by atoms with Crippen molar-refractivity contribution < 1.29 is 32.5 Å². The molecule has 1 aromatic rings. The highest BCUT2D eigenvalue weighted by molar-refractivity contribution is 6.47. The van der Waals surface area contributed by atoms with Gasteiger partial charge in [0.05, 0.1) is 16.9 Å². The Hall–Kier alpha value is -2.00. The molecule has 0 aliphatic carbocycles. The number of carbonyl (C=O) groups is 1. The second-order valence-corrected chi connectivity index (χ2v) is 6.30.